The van der Waals surface area contributed by atoms with Crippen LogP contribution in [0, 0.1) is 0 Å². The van der Waals surface area contributed by atoms with Crippen LogP contribution in [-0.4, -0.2) is 36.2 Å². The Morgan fingerprint density at radius 1 is 1.13 bits per heavy atom. The zero-order valence-electron chi connectivity index (χ0n) is 12.3. The summed E-state index contributed by atoms with van der Waals surface area (Å²) < 4.78 is 5.26. The largest absolute Gasteiger partial charge is 0.484 e. The molecular formula is C16H16N4O3. The molecule has 7 heteroatoms. The number of aromatic nitrogens is 1. The van der Waals surface area contributed by atoms with Crippen LogP contribution in [0.5, 0.6) is 5.75 Å². The van der Waals surface area contributed by atoms with Crippen molar-refractivity contribution in [2.75, 3.05) is 13.2 Å². The molecule has 118 valence electrons. The Balaban J connectivity index is 1.64. The highest BCUT2D eigenvalue weighted by molar-refractivity contribution is 5.86. The molecule has 0 unspecified atom stereocenters. The van der Waals surface area contributed by atoms with E-state index in [1.807, 2.05) is 6.07 Å². The fourth-order valence-corrected chi connectivity index (χ4v) is 1.57. The predicted molar refractivity (Wildman–Crippen MR) is 84.9 cm³/mol. The second-order valence-electron chi connectivity index (χ2n) is 4.46. The number of para-hydroxylation sites is 1. The minimum Gasteiger partial charge on any atom is -0.484 e. The Morgan fingerprint density at radius 2 is 1.96 bits per heavy atom. The van der Waals surface area contributed by atoms with Crippen molar-refractivity contribution in [3.63, 3.8) is 0 Å². The van der Waals surface area contributed by atoms with Gasteiger partial charge in [0.2, 0.25) is 0 Å². The predicted octanol–water partition coefficient (Wildman–Crippen LogP) is 0.727. The summed E-state index contributed by atoms with van der Waals surface area (Å²) in [5.41, 5.74) is 3.06. The molecule has 2 rings (SSSR count). The number of rotatable bonds is 7. The van der Waals surface area contributed by atoms with Crippen LogP contribution in [0.25, 0.3) is 0 Å². The fraction of sp³-hybridized carbons (Fsp3) is 0.125. The first kappa shape index (κ1) is 16.2. The van der Waals surface area contributed by atoms with Gasteiger partial charge in [0, 0.05) is 18.0 Å². The van der Waals surface area contributed by atoms with Crippen molar-refractivity contribution in [3.8, 4) is 5.75 Å². The lowest BCUT2D eigenvalue weighted by Gasteiger charge is -2.06. The number of hydrogen-bond donors (Lipinski definition) is 2. The maximum Gasteiger partial charge on any atom is 0.259 e. The van der Waals surface area contributed by atoms with Crippen LogP contribution in [0.1, 0.15) is 5.56 Å². The Bertz CT molecular complexity index is 660. The van der Waals surface area contributed by atoms with E-state index < -0.39 is 5.91 Å². The van der Waals surface area contributed by atoms with E-state index in [0.29, 0.717) is 5.75 Å². The third-order valence-corrected chi connectivity index (χ3v) is 2.65. The standard InChI is InChI=1S/C16H16N4O3/c21-15(20-19-10-13-5-4-8-17-9-13)11-18-16(22)12-23-14-6-2-1-3-7-14/h1-10H,11-12H2,(H,18,22)(H,20,21)/b19-10+. The van der Waals surface area contributed by atoms with Crippen molar-refractivity contribution in [2.45, 2.75) is 0 Å². The first-order chi connectivity index (χ1) is 11.2. The van der Waals surface area contributed by atoms with Crippen molar-refractivity contribution in [2.24, 2.45) is 5.10 Å². The highest BCUT2D eigenvalue weighted by atomic mass is 16.5. The molecule has 2 N–H and O–H groups in total. The van der Waals surface area contributed by atoms with Crippen molar-refractivity contribution in [1.82, 2.24) is 15.7 Å². The Hall–Kier alpha value is -3.22. The molecule has 1 heterocycles. The summed E-state index contributed by atoms with van der Waals surface area (Å²) in [4.78, 5) is 27.0. The highest BCUT2D eigenvalue weighted by Crippen LogP contribution is 2.07. The zero-order chi connectivity index (χ0) is 16.3. The number of benzene rings is 1. The lowest BCUT2D eigenvalue weighted by atomic mass is 10.3. The Morgan fingerprint density at radius 3 is 2.70 bits per heavy atom. The second-order valence-corrected chi connectivity index (χ2v) is 4.46. The number of hydrazone groups is 1. The van der Waals surface area contributed by atoms with Gasteiger partial charge < -0.3 is 10.1 Å². The van der Waals surface area contributed by atoms with E-state index in [9.17, 15) is 9.59 Å². The van der Waals surface area contributed by atoms with Crippen LogP contribution in [-0.2, 0) is 9.59 Å². The van der Waals surface area contributed by atoms with E-state index in [4.69, 9.17) is 4.74 Å². The van der Waals surface area contributed by atoms with Crippen molar-refractivity contribution >= 4 is 18.0 Å². The summed E-state index contributed by atoms with van der Waals surface area (Å²) >= 11 is 0. The highest BCUT2D eigenvalue weighted by Gasteiger charge is 2.05. The van der Waals surface area contributed by atoms with Gasteiger partial charge in [0.15, 0.2) is 6.61 Å². The maximum atomic E-state index is 11.6. The lowest BCUT2D eigenvalue weighted by Crippen LogP contribution is -2.37. The number of carbonyl (C=O) groups is 2. The van der Waals surface area contributed by atoms with Gasteiger partial charge in [-0.1, -0.05) is 24.3 Å². The van der Waals surface area contributed by atoms with Gasteiger partial charge in [0.25, 0.3) is 11.8 Å². The molecule has 0 aliphatic carbocycles. The lowest BCUT2D eigenvalue weighted by molar-refractivity contribution is -0.127. The maximum absolute atomic E-state index is 11.6. The summed E-state index contributed by atoms with van der Waals surface area (Å²) in [5.74, 6) is -0.230. The van der Waals surface area contributed by atoms with Crippen LogP contribution in [0.3, 0.4) is 0 Å². The number of nitrogens with one attached hydrogen (secondary N) is 2. The van der Waals surface area contributed by atoms with Gasteiger partial charge in [-0.15, -0.1) is 0 Å². The van der Waals surface area contributed by atoms with E-state index in [1.165, 1.54) is 6.21 Å². The third kappa shape index (κ3) is 6.38. The average molecular weight is 312 g/mol. The van der Waals surface area contributed by atoms with Crippen molar-refractivity contribution in [3.05, 3.63) is 60.4 Å². The van der Waals surface area contributed by atoms with Gasteiger partial charge in [-0.05, 0) is 18.2 Å². The van der Waals surface area contributed by atoms with E-state index in [1.54, 1.807) is 48.8 Å². The van der Waals surface area contributed by atoms with Crippen LogP contribution in [0.15, 0.2) is 60.0 Å². The first-order valence-corrected chi connectivity index (χ1v) is 6.90. The van der Waals surface area contributed by atoms with E-state index in [0.717, 1.165) is 5.56 Å². The smallest absolute Gasteiger partial charge is 0.259 e. The van der Waals surface area contributed by atoms with Crippen LogP contribution in [0.4, 0.5) is 0 Å². The second kappa shape index (κ2) is 8.93. The summed E-state index contributed by atoms with van der Waals surface area (Å²) in [7, 11) is 0. The molecule has 0 saturated carbocycles. The monoisotopic (exact) mass is 312 g/mol. The van der Waals surface area contributed by atoms with Gasteiger partial charge in [-0.3, -0.25) is 14.6 Å². The average Bonchev–Trinajstić information content (AvgIpc) is 2.60. The number of carbonyl (C=O) groups excluding carboxylic acids is 2. The molecule has 0 aliphatic rings. The van der Waals surface area contributed by atoms with Gasteiger partial charge in [0.05, 0.1) is 12.8 Å². The molecule has 0 spiro atoms. The van der Waals surface area contributed by atoms with E-state index >= 15 is 0 Å². The van der Waals surface area contributed by atoms with Crippen LogP contribution >= 0.6 is 0 Å². The van der Waals surface area contributed by atoms with Crippen LogP contribution in [0.2, 0.25) is 0 Å². The molecule has 0 bridgehead atoms. The van der Waals surface area contributed by atoms with Crippen molar-refractivity contribution < 1.29 is 14.3 Å². The van der Waals surface area contributed by atoms with Crippen LogP contribution < -0.4 is 15.5 Å². The number of hydrogen-bond acceptors (Lipinski definition) is 5. The number of ether oxygens (including phenoxy) is 1. The Labute approximate surface area is 133 Å². The quantitative estimate of drug-likeness (QED) is 0.582. The number of pyridine rings is 1. The zero-order valence-corrected chi connectivity index (χ0v) is 12.3. The summed E-state index contributed by atoms with van der Waals surface area (Å²) in [6.07, 6.45) is 4.71. The van der Waals surface area contributed by atoms with Gasteiger partial charge in [0.1, 0.15) is 5.75 Å². The molecular weight excluding hydrogens is 296 g/mol. The summed E-state index contributed by atoms with van der Waals surface area (Å²) in [5, 5.41) is 6.21. The molecule has 0 saturated heterocycles. The van der Waals surface area contributed by atoms with Crippen molar-refractivity contribution in [1.29, 1.82) is 0 Å². The molecule has 23 heavy (non-hydrogen) atoms. The number of nitrogens with zero attached hydrogens (tertiary/aromatic N) is 2. The Kier molecular flexibility index (Phi) is 6.27. The minimum absolute atomic E-state index is 0.157. The van der Waals surface area contributed by atoms with E-state index in [-0.39, 0.29) is 19.1 Å². The summed E-state index contributed by atoms with van der Waals surface area (Å²) in [6, 6.07) is 12.5. The SMILES string of the molecule is O=C(COc1ccccc1)NCC(=O)N/N=C/c1cccnc1. The molecule has 7 nitrogen and oxygen atoms in total. The normalized spacial score (nSPS) is 10.3. The van der Waals surface area contributed by atoms with Gasteiger partial charge in [-0.2, -0.15) is 5.10 Å². The molecule has 0 atom stereocenters. The number of amides is 2. The molecule has 0 aliphatic heterocycles. The molecule has 1 aromatic carbocycles. The molecule has 0 fully saturated rings. The minimum atomic E-state index is -0.432. The molecule has 2 amide bonds. The fourth-order valence-electron chi connectivity index (χ4n) is 1.57. The molecule has 2 aromatic rings. The molecule has 1 aromatic heterocycles. The molecule has 0 radical (unpaired) electrons. The first-order valence-electron chi connectivity index (χ1n) is 6.90. The third-order valence-electron chi connectivity index (χ3n) is 2.65. The summed E-state index contributed by atoms with van der Waals surface area (Å²) in [6.45, 7) is -0.336. The van der Waals surface area contributed by atoms with E-state index in [2.05, 4.69) is 20.8 Å². The van der Waals surface area contributed by atoms with Gasteiger partial charge in [-0.25, -0.2) is 5.43 Å². The topological polar surface area (TPSA) is 92.7 Å². The van der Waals surface area contributed by atoms with Gasteiger partial charge >= 0.3 is 0 Å².